The molecule has 0 saturated heterocycles. The fourth-order valence-corrected chi connectivity index (χ4v) is 4.58. The third kappa shape index (κ3) is 6.31. The zero-order chi connectivity index (χ0) is 16.5. The minimum atomic E-state index is -0.0372. The summed E-state index contributed by atoms with van der Waals surface area (Å²) in [6, 6.07) is 0. The van der Waals surface area contributed by atoms with Crippen LogP contribution in [0.1, 0.15) is 90.4 Å². The van der Waals surface area contributed by atoms with Gasteiger partial charge in [0.2, 0.25) is 0 Å². The van der Waals surface area contributed by atoms with E-state index in [1.807, 2.05) is 0 Å². The first-order valence-corrected chi connectivity index (χ1v) is 10.0. The van der Waals surface area contributed by atoms with Crippen molar-refractivity contribution < 1.29 is 9.53 Å². The van der Waals surface area contributed by atoms with Crippen LogP contribution < -0.4 is 0 Å². The summed E-state index contributed by atoms with van der Waals surface area (Å²) < 4.78 is 5.60. The van der Waals surface area contributed by atoms with Gasteiger partial charge in [-0.15, -0.1) is 6.58 Å². The molecule has 0 radical (unpaired) electrons. The number of rotatable bonds is 8. The van der Waals surface area contributed by atoms with Crippen LogP contribution >= 0.6 is 0 Å². The summed E-state index contributed by atoms with van der Waals surface area (Å²) in [6.07, 6.45) is 17.9. The second-order valence-electron chi connectivity index (χ2n) is 7.78. The highest BCUT2D eigenvalue weighted by atomic mass is 16.5. The van der Waals surface area contributed by atoms with Gasteiger partial charge in [-0.25, -0.2) is 0 Å². The Balaban J connectivity index is 1.63. The number of allylic oxidation sites excluding steroid dienone is 1. The van der Waals surface area contributed by atoms with Gasteiger partial charge in [0.1, 0.15) is 6.10 Å². The number of carbonyl (C=O) groups is 1. The monoisotopic (exact) mass is 320 g/mol. The van der Waals surface area contributed by atoms with Crippen LogP contribution in [0.15, 0.2) is 12.7 Å². The lowest BCUT2D eigenvalue weighted by Gasteiger charge is -2.37. The first-order chi connectivity index (χ1) is 11.2. The van der Waals surface area contributed by atoms with Crippen molar-refractivity contribution in [3.63, 3.8) is 0 Å². The number of unbranched alkanes of at least 4 members (excludes halogenated alkanes) is 1. The number of esters is 1. The zero-order valence-corrected chi connectivity index (χ0v) is 15.1. The molecule has 0 N–H and O–H groups in total. The second kappa shape index (κ2) is 10.2. The van der Waals surface area contributed by atoms with Gasteiger partial charge >= 0.3 is 5.97 Å². The maximum absolute atomic E-state index is 11.7. The molecule has 2 saturated carbocycles. The lowest BCUT2D eigenvalue weighted by atomic mass is 9.70. The average Bonchev–Trinajstić information content (AvgIpc) is 2.59. The van der Waals surface area contributed by atoms with Crippen molar-refractivity contribution in [3.05, 3.63) is 12.7 Å². The topological polar surface area (TPSA) is 26.3 Å². The van der Waals surface area contributed by atoms with E-state index in [-0.39, 0.29) is 12.1 Å². The van der Waals surface area contributed by atoms with Crippen LogP contribution in [0.25, 0.3) is 0 Å². The predicted octanol–water partition coefficient (Wildman–Crippen LogP) is 6.05. The van der Waals surface area contributed by atoms with Gasteiger partial charge in [0.05, 0.1) is 0 Å². The Hall–Kier alpha value is -0.790. The highest BCUT2D eigenvalue weighted by Gasteiger charge is 2.31. The molecule has 2 heteroatoms. The lowest BCUT2D eigenvalue weighted by molar-refractivity contribution is -0.151. The molecule has 0 amide bonds. The molecule has 2 nitrogen and oxygen atoms in total. The van der Waals surface area contributed by atoms with Crippen molar-refractivity contribution in [2.75, 3.05) is 0 Å². The van der Waals surface area contributed by atoms with Crippen LogP contribution in [-0.4, -0.2) is 12.1 Å². The summed E-state index contributed by atoms with van der Waals surface area (Å²) in [6.45, 7) is 5.95. The van der Waals surface area contributed by atoms with Gasteiger partial charge < -0.3 is 4.74 Å². The average molecular weight is 321 g/mol. The highest BCUT2D eigenvalue weighted by Crippen LogP contribution is 2.41. The molecule has 0 aromatic rings. The summed E-state index contributed by atoms with van der Waals surface area (Å²) in [5, 5.41) is 0. The van der Waals surface area contributed by atoms with Crippen LogP contribution in [0.3, 0.4) is 0 Å². The summed E-state index contributed by atoms with van der Waals surface area (Å²) in [4.78, 5) is 11.7. The molecule has 0 aliphatic heterocycles. The number of hydrogen-bond acceptors (Lipinski definition) is 2. The van der Waals surface area contributed by atoms with Crippen LogP contribution in [0.5, 0.6) is 0 Å². The summed E-state index contributed by atoms with van der Waals surface area (Å²) in [5.74, 6) is 2.81. The molecule has 0 unspecified atom stereocenters. The highest BCUT2D eigenvalue weighted by molar-refractivity contribution is 5.69. The van der Waals surface area contributed by atoms with E-state index in [2.05, 4.69) is 13.5 Å². The van der Waals surface area contributed by atoms with E-state index in [4.69, 9.17) is 4.74 Å². The van der Waals surface area contributed by atoms with Gasteiger partial charge in [-0.05, 0) is 62.7 Å². The molecule has 0 aromatic heterocycles. The largest absolute Gasteiger partial charge is 0.462 e. The Labute approximate surface area is 143 Å². The first kappa shape index (κ1) is 18.5. The van der Waals surface area contributed by atoms with E-state index >= 15 is 0 Å². The van der Waals surface area contributed by atoms with Crippen molar-refractivity contribution >= 4 is 5.97 Å². The van der Waals surface area contributed by atoms with Gasteiger partial charge in [0.15, 0.2) is 0 Å². The Morgan fingerprint density at radius 2 is 1.65 bits per heavy atom. The fraction of sp³-hybridized carbons (Fsp3) is 0.857. The molecule has 132 valence electrons. The SMILES string of the molecule is C=CCCC(=O)O[C@H]1CC[C@H]([C@H]2CC[C@H](CCCC)CC2)CC1. The van der Waals surface area contributed by atoms with E-state index < -0.39 is 0 Å². The normalized spacial score (nSPS) is 31.5. The van der Waals surface area contributed by atoms with Crippen molar-refractivity contribution in [2.24, 2.45) is 17.8 Å². The number of ether oxygens (including phenoxy) is 1. The summed E-state index contributed by atoms with van der Waals surface area (Å²) >= 11 is 0. The molecule has 0 spiro atoms. The molecular weight excluding hydrogens is 284 g/mol. The molecule has 2 rings (SSSR count). The summed E-state index contributed by atoms with van der Waals surface area (Å²) in [7, 11) is 0. The Kier molecular flexibility index (Phi) is 8.19. The lowest BCUT2D eigenvalue weighted by Crippen LogP contribution is -2.29. The first-order valence-electron chi connectivity index (χ1n) is 10.0. The Morgan fingerprint density at radius 3 is 2.22 bits per heavy atom. The maximum Gasteiger partial charge on any atom is 0.306 e. The maximum atomic E-state index is 11.7. The van der Waals surface area contributed by atoms with Crippen molar-refractivity contribution in [3.8, 4) is 0 Å². The molecule has 2 fully saturated rings. The zero-order valence-electron chi connectivity index (χ0n) is 15.1. The standard InChI is InChI=1S/C21H36O2/c1-3-5-7-17-9-11-18(12-10-17)19-13-15-20(16-14-19)23-21(22)8-6-4-2/h4,17-20H,2-3,5-16H2,1H3/t17-,18-,19-,20-. The van der Waals surface area contributed by atoms with E-state index in [0.717, 1.165) is 37.0 Å². The molecule has 0 bridgehead atoms. The van der Waals surface area contributed by atoms with Gasteiger partial charge in [0, 0.05) is 6.42 Å². The third-order valence-corrected chi connectivity index (χ3v) is 6.09. The third-order valence-electron chi connectivity index (χ3n) is 6.09. The Bertz CT molecular complexity index is 347. The van der Waals surface area contributed by atoms with E-state index in [1.54, 1.807) is 6.08 Å². The van der Waals surface area contributed by atoms with Crippen LogP contribution in [0.4, 0.5) is 0 Å². The second-order valence-corrected chi connectivity index (χ2v) is 7.78. The van der Waals surface area contributed by atoms with Gasteiger partial charge in [0.25, 0.3) is 0 Å². The van der Waals surface area contributed by atoms with Gasteiger partial charge in [-0.2, -0.15) is 0 Å². The van der Waals surface area contributed by atoms with Gasteiger partial charge in [-0.3, -0.25) is 4.79 Å². The number of hydrogen-bond donors (Lipinski definition) is 0. The van der Waals surface area contributed by atoms with E-state index in [1.165, 1.54) is 57.8 Å². The Morgan fingerprint density at radius 1 is 1.04 bits per heavy atom. The van der Waals surface area contributed by atoms with Crippen LogP contribution in [-0.2, 0) is 9.53 Å². The van der Waals surface area contributed by atoms with Crippen LogP contribution in [0, 0.1) is 17.8 Å². The van der Waals surface area contributed by atoms with Crippen molar-refractivity contribution in [2.45, 2.75) is 96.5 Å². The minimum Gasteiger partial charge on any atom is -0.462 e. The summed E-state index contributed by atoms with van der Waals surface area (Å²) in [5.41, 5.74) is 0. The van der Waals surface area contributed by atoms with Crippen LogP contribution in [0.2, 0.25) is 0 Å². The molecule has 2 aliphatic rings. The molecule has 0 atom stereocenters. The van der Waals surface area contributed by atoms with E-state index in [9.17, 15) is 4.79 Å². The number of carbonyl (C=O) groups excluding carboxylic acids is 1. The molecular formula is C21H36O2. The molecule has 0 heterocycles. The quantitative estimate of drug-likeness (QED) is 0.402. The molecule has 0 aromatic carbocycles. The fourth-order valence-electron chi connectivity index (χ4n) is 4.58. The smallest absolute Gasteiger partial charge is 0.306 e. The minimum absolute atomic E-state index is 0.0372. The molecule has 23 heavy (non-hydrogen) atoms. The van der Waals surface area contributed by atoms with Crippen molar-refractivity contribution in [1.29, 1.82) is 0 Å². The van der Waals surface area contributed by atoms with E-state index in [0.29, 0.717) is 6.42 Å². The molecule has 2 aliphatic carbocycles. The predicted molar refractivity (Wildman–Crippen MR) is 96.2 cm³/mol. The van der Waals surface area contributed by atoms with Gasteiger partial charge in [-0.1, -0.05) is 45.1 Å². The van der Waals surface area contributed by atoms with Crippen molar-refractivity contribution in [1.82, 2.24) is 0 Å².